The minimum Gasteiger partial charge on any atom is -0.497 e. The van der Waals surface area contributed by atoms with E-state index in [1.807, 2.05) is 22.8 Å². The normalized spacial score (nSPS) is 19.9. The summed E-state index contributed by atoms with van der Waals surface area (Å²) in [6.45, 7) is 7.01. The smallest absolute Gasteiger partial charge is 0.298 e. The molecule has 1 N–H and O–H groups in total. The Hall–Kier alpha value is -6.32. The van der Waals surface area contributed by atoms with Gasteiger partial charge in [0.25, 0.3) is 6.01 Å². The van der Waals surface area contributed by atoms with Crippen LogP contribution in [-0.2, 0) is 42.5 Å². The topological polar surface area (TPSA) is 118 Å². The molecule has 0 bridgehead atoms. The van der Waals surface area contributed by atoms with E-state index in [0.29, 0.717) is 51.4 Å². The SMILES string of the molecule is COc1ccc2c(c1)c1c(n2C)CCN(c2ccc3nc(N4CCOC(C5CN(c6nc7cc(N8CCc9[nH]c%10cc(F)ccc%10c9C8)ccn7n6)CCO5)C4)oc3c2)C1. The molecule has 4 aliphatic heterocycles. The lowest BCUT2D eigenvalue weighted by molar-refractivity contribution is -0.0832. The van der Waals surface area contributed by atoms with Gasteiger partial charge in [0.05, 0.1) is 26.9 Å². The van der Waals surface area contributed by atoms with Gasteiger partial charge >= 0.3 is 0 Å². The number of methoxy groups -OCH3 is 1. The average molecular weight is 809 g/mol. The molecule has 2 atom stereocenters. The number of morpholine rings is 2. The van der Waals surface area contributed by atoms with Gasteiger partial charge in [-0.2, -0.15) is 9.97 Å². The zero-order valence-electron chi connectivity index (χ0n) is 33.6. The molecule has 0 aliphatic carbocycles. The number of fused-ring (bicyclic) bond motifs is 8. The van der Waals surface area contributed by atoms with Crippen molar-refractivity contribution in [3.8, 4) is 5.75 Å². The van der Waals surface area contributed by atoms with E-state index in [1.54, 1.807) is 13.2 Å². The Morgan fingerprint density at radius 1 is 0.767 bits per heavy atom. The minimum atomic E-state index is -0.225. The van der Waals surface area contributed by atoms with E-state index < -0.39 is 0 Å². The molecule has 306 valence electrons. The van der Waals surface area contributed by atoms with E-state index in [1.165, 1.54) is 39.5 Å². The lowest BCUT2D eigenvalue weighted by Crippen LogP contribution is -2.55. The van der Waals surface area contributed by atoms with Gasteiger partial charge in [0.15, 0.2) is 11.2 Å². The van der Waals surface area contributed by atoms with Crippen LogP contribution in [0.4, 0.5) is 27.7 Å². The highest BCUT2D eigenvalue weighted by atomic mass is 19.1. The maximum Gasteiger partial charge on any atom is 0.298 e. The van der Waals surface area contributed by atoms with Crippen LogP contribution in [0.3, 0.4) is 0 Å². The number of halogens is 1. The fourth-order valence-corrected chi connectivity index (χ4v) is 9.90. The van der Waals surface area contributed by atoms with Crippen LogP contribution in [0.1, 0.15) is 22.5 Å². The highest BCUT2D eigenvalue weighted by Crippen LogP contribution is 2.36. The summed E-state index contributed by atoms with van der Waals surface area (Å²) in [5.41, 5.74) is 11.8. The van der Waals surface area contributed by atoms with Crippen LogP contribution in [0.25, 0.3) is 38.6 Å². The number of nitrogens with zero attached hydrogens (tertiary/aromatic N) is 9. The summed E-state index contributed by atoms with van der Waals surface area (Å²) in [7, 11) is 3.88. The van der Waals surface area contributed by atoms with Gasteiger partial charge in [0, 0.05) is 140 Å². The molecule has 2 fully saturated rings. The van der Waals surface area contributed by atoms with Crippen LogP contribution in [0.2, 0.25) is 0 Å². The number of aryl methyl sites for hydroxylation is 1. The third kappa shape index (κ3) is 5.92. The monoisotopic (exact) mass is 808 g/mol. The number of hydrogen-bond donors (Lipinski definition) is 1. The highest BCUT2D eigenvalue weighted by Gasteiger charge is 2.35. The van der Waals surface area contributed by atoms with Gasteiger partial charge in [-0.25, -0.2) is 8.91 Å². The maximum absolute atomic E-state index is 13.9. The first-order valence-corrected chi connectivity index (χ1v) is 20.9. The molecule has 8 aromatic rings. The van der Waals surface area contributed by atoms with E-state index in [4.69, 9.17) is 33.7 Å². The summed E-state index contributed by atoms with van der Waals surface area (Å²) in [5, 5.41) is 7.19. The number of aromatic amines is 1. The summed E-state index contributed by atoms with van der Waals surface area (Å²) < 4.78 is 42.8. The highest BCUT2D eigenvalue weighted by molar-refractivity contribution is 5.88. The van der Waals surface area contributed by atoms with Crippen molar-refractivity contribution in [2.24, 2.45) is 7.05 Å². The number of hydrogen-bond acceptors (Lipinski definition) is 11. The largest absolute Gasteiger partial charge is 0.497 e. The van der Waals surface area contributed by atoms with E-state index in [9.17, 15) is 4.39 Å². The molecule has 5 aromatic heterocycles. The Bertz CT molecular complexity index is 2950. The van der Waals surface area contributed by atoms with E-state index in [-0.39, 0.29) is 18.0 Å². The van der Waals surface area contributed by atoms with Gasteiger partial charge < -0.3 is 47.8 Å². The van der Waals surface area contributed by atoms with Crippen molar-refractivity contribution in [2.45, 2.75) is 38.1 Å². The third-order valence-corrected chi connectivity index (χ3v) is 13.1. The van der Waals surface area contributed by atoms with Crippen LogP contribution >= 0.6 is 0 Å². The van der Waals surface area contributed by atoms with Crippen molar-refractivity contribution in [2.75, 3.05) is 79.2 Å². The van der Waals surface area contributed by atoms with Crippen molar-refractivity contribution in [1.82, 2.24) is 29.1 Å². The predicted octanol–water partition coefficient (Wildman–Crippen LogP) is 6.23. The van der Waals surface area contributed by atoms with Crippen LogP contribution < -0.4 is 24.3 Å². The molecule has 0 radical (unpaired) electrons. The Morgan fingerprint density at radius 3 is 2.43 bits per heavy atom. The van der Waals surface area contributed by atoms with E-state index in [0.717, 1.165) is 83.8 Å². The van der Waals surface area contributed by atoms with Gasteiger partial charge in [-0.05, 0) is 54.6 Å². The quantitative estimate of drug-likeness (QED) is 0.206. The lowest BCUT2D eigenvalue weighted by atomic mass is 10.0. The molecule has 2 saturated heterocycles. The number of rotatable bonds is 6. The summed E-state index contributed by atoms with van der Waals surface area (Å²) in [4.78, 5) is 22.5. The van der Waals surface area contributed by atoms with Gasteiger partial charge in [0.2, 0.25) is 5.95 Å². The second-order valence-electron chi connectivity index (χ2n) is 16.4. The standard InChI is InChI=1S/C45H45FN10O4/c1-51-38-8-5-30(57-2)22-32(38)34-24-53(13-11-39(34)51)28-4-7-36-40(20-28)60-45(48-36)55-16-18-59-42(26-55)41-25-54(15-17-58-41)44-49-43-21-29(9-14-56(43)50-44)52-12-10-35-33(23-52)31-6-3-27(46)19-37(31)47-35/h3-9,14,19-22,41-42,47H,10-13,15-18,23-26H2,1-2H3. The van der Waals surface area contributed by atoms with Gasteiger partial charge in [-0.3, -0.25) is 0 Å². The van der Waals surface area contributed by atoms with Gasteiger partial charge in [-0.15, -0.1) is 5.10 Å². The third-order valence-electron chi connectivity index (χ3n) is 13.1. The number of benzene rings is 3. The Kier molecular flexibility index (Phi) is 8.24. The molecule has 12 rings (SSSR count). The first kappa shape index (κ1) is 35.6. The lowest BCUT2D eigenvalue weighted by Gasteiger charge is -2.40. The molecule has 0 saturated carbocycles. The zero-order valence-corrected chi connectivity index (χ0v) is 33.6. The molecular weight excluding hydrogens is 764 g/mol. The molecule has 2 unspecified atom stereocenters. The van der Waals surface area contributed by atoms with Crippen LogP contribution in [0.5, 0.6) is 5.75 Å². The first-order chi connectivity index (χ1) is 29.4. The van der Waals surface area contributed by atoms with Crippen LogP contribution in [-0.4, -0.2) is 101 Å². The Labute approximate surface area is 344 Å². The zero-order chi connectivity index (χ0) is 40.1. The summed E-state index contributed by atoms with van der Waals surface area (Å²) in [5.74, 6) is 1.32. The number of nitrogens with one attached hydrogen (secondary N) is 1. The predicted molar refractivity (Wildman–Crippen MR) is 228 cm³/mol. The van der Waals surface area contributed by atoms with Crippen LogP contribution in [0, 0.1) is 5.82 Å². The van der Waals surface area contributed by atoms with Crippen molar-refractivity contribution in [3.63, 3.8) is 0 Å². The molecule has 60 heavy (non-hydrogen) atoms. The van der Waals surface area contributed by atoms with Crippen molar-refractivity contribution in [3.05, 3.63) is 101 Å². The molecule has 9 heterocycles. The fourth-order valence-electron chi connectivity index (χ4n) is 9.90. The molecule has 3 aromatic carbocycles. The average Bonchev–Trinajstić information content (AvgIpc) is 4.07. The number of ether oxygens (including phenoxy) is 3. The number of oxazole rings is 1. The minimum absolute atomic E-state index is 0.176. The summed E-state index contributed by atoms with van der Waals surface area (Å²) in [6.07, 6.45) is 3.45. The molecule has 0 amide bonds. The Balaban J connectivity index is 0.727. The second-order valence-corrected chi connectivity index (χ2v) is 16.4. The molecule has 4 aliphatic rings. The molecule has 15 heteroatoms. The number of aromatic nitrogens is 6. The maximum atomic E-state index is 13.9. The van der Waals surface area contributed by atoms with Crippen molar-refractivity contribution >= 4 is 61.9 Å². The number of anilines is 4. The van der Waals surface area contributed by atoms with E-state index >= 15 is 0 Å². The fraction of sp³-hybridized carbons (Fsp3) is 0.356. The molecular formula is C45H45FN10O4. The Morgan fingerprint density at radius 2 is 1.57 bits per heavy atom. The second kappa shape index (κ2) is 13.9. The van der Waals surface area contributed by atoms with E-state index in [2.05, 4.69) is 78.7 Å². The van der Waals surface area contributed by atoms with Gasteiger partial charge in [-0.1, -0.05) is 0 Å². The summed E-state index contributed by atoms with van der Waals surface area (Å²) in [6, 6.07) is 22.5. The van der Waals surface area contributed by atoms with Crippen molar-refractivity contribution < 1.29 is 23.0 Å². The van der Waals surface area contributed by atoms with Crippen molar-refractivity contribution in [1.29, 1.82) is 0 Å². The molecule has 0 spiro atoms. The van der Waals surface area contributed by atoms with Crippen LogP contribution in [0.15, 0.2) is 77.3 Å². The summed E-state index contributed by atoms with van der Waals surface area (Å²) >= 11 is 0. The number of pyridine rings is 1. The number of H-pyrrole nitrogens is 1. The molecule has 14 nitrogen and oxygen atoms in total. The first-order valence-electron chi connectivity index (χ1n) is 20.9. The van der Waals surface area contributed by atoms with Gasteiger partial charge in [0.1, 0.15) is 29.3 Å².